The van der Waals surface area contributed by atoms with Crippen LogP contribution in [0.15, 0.2) is 82.6 Å². The predicted molar refractivity (Wildman–Crippen MR) is 165 cm³/mol. The summed E-state index contributed by atoms with van der Waals surface area (Å²) in [6.45, 7) is 8.62. The molecule has 1 heterocycles. The number of para-hydroxylation sites is 2. The Balaban J connectivity index is 1.70. The lowest BCUT2D eigenvalue weighted by Gasteiger charge is -2.25. The lowest BCUT2D eigenvalue weighted by atomic mass is 10.2. The third kappa shape index (κ3) is 6.61. The molecule has 0 bridgehead atoms. The van der Waals surface area contributed by atoms with Crippen molar-refractivity contribution in [1.29, 1.82) is 0 Å². The van der Waals surface area contributed by atoms with Gasteiger partial charge in [-0.3, -0.25) is 14.0 Å². The van der Waals surface area contributed by atoms with Crippen molar-refractivity contribution in [2.75, 3.05) is 48.2 Å². The van der Waals surface area contributed by atoms with E-state index in [4.69, 9.17) is 0 Å². The molecule has 0 aliphatic rings. The van der Waals surface area contributed by atoms with E-state index in [1.807, 2.05) is 19.9 Å². The zero-order valence-corrected chi connectivity index (χ0v) is 26.0. The lowest BCUT2D eigenvalue weighted by Crippen LogP contribution is -2.39. The lowest BCUT2D eigenvalue weighted by molar-refractivity contribution is 0.0983. The second-order valence-electron chi connectivity index (χ2n) is 9.38. The number of carbonyl (C=O) groups is 1. The number of anilines is 2. The average molecular weight is 615 g/mol. The third-order valence-corrected chi connectivity index (χ3v) is 10.9. The van der Waals surface area contributed by atoms with E-state index in [-0.39, 0.29) is 22.2 Å². The van der Waals surface area contributed by atoms with E-state index < -0.39 is 19.9 Å². The summed E-state index contributed by atoms with van der Waals surface area (Å²) in [6, 6.07) is 19.7. The molecular formula is C29H34N4O5S3. The molecule has 0 unspecified atom stereocenters. The predicted octanol–water partition coefficient (Wildman–Crippen LogP) is 4.90. The number of thiazole rings is 1. The molecule has 41 heavy (non-hydrogen) atoms. The van der Waals surface area contributed by atoms with Crippen LogP contribution >= 0.6 is 11.3 Å². The number of likely N-dealkylation sites (N-methyl/N-ethyl adjacent to an activating group) is 1. The second-order valence-corrected chi connectivity index (χ2v) is 14.2. The summed E-state index contributed by atoms with van der Waals surface area (Å²) in [5, 5.41) is 0.381. The number of rotatable bonds is 12. The molecule has 1 amide bonds. The molecule has 0 fully saturated rings. The highest BCUT2D eigenvalue weighted by molar-refractivity contribution is 7.92. The van der Waals surface area contributed by atoms with E-state index >= 15 is 0 Å². The number of aromatic nitrogens is 1. The fraction of sp³-hybridized carbons (Fsp3) is 0.310. The van der Waals surface area contributed by atoms with Crippen molar-refractivity contribution in [1.82, 2.24) is 9.88 Å². The van der Waals surface area contributed by atoms with Gasteiger partial charge in [-0.05, 0) is 68.5 Å². The molecule has 12 heteroatoms. The fourth-order valence-electron chi connectivity index (χ4n) is 4.53. The zero-order valence-electron chi connectivity index (χ0n) is 23.5. The van der Waals surface area contributed by atoms with Crippen molar-refractivity contribution >= 4 is 58.1 Å². The van der Waals surface area contributed by atoms with Crippen LogP contribution in [0, 0.1) is 0 Å². The number of nitrogens with zero attached hydrogens (tertiary/aromatic N) is 4. The molecule has 0 N–H and O–H groups in total. The first-order chi connectivity index (χ1) is 19.5. The molecule has 0 aliphatic carbocycles. The number of sulfonamides is 1. The maximum absolute atomic E-state index is 13.9. The van der Waals surface area contributed by atoms with Gasteiger partial charge in [0, 0.05) is 31.5 Å². The maximum Gasteiger partial charge on any atom is 0.264 e. The smallest absolute Gasteiger partial charge is 0.264 e. The minimum Gasteiger partial charge on any atom is -0.302 e. The highest BCUT2D eigenvalue weighted by Gasteiger charge is 2.27. The summed E-state index contributed by atoms with van der Waals surface area (Å²) in [7, 11) is -7.37. The molecule has 9 nitrogen and oxygen atoms in total. The Morgan fingerprint density at radius 2 is 1.46 bits per heavy atom. The molecule has 0 atom stereocenters. The van der Waals surface area contributed by atoms with Crippen molar-refractivity contribution < 1.29 is 21.6 Å². The van der Waals surface area contributed by atoms with Crippen LogP contribution in [0.1, 0.15) is 31.1 Å². The quantitative estimate of drug-likeness (QED) is 0.223. The first-order valence-electron chi connectivity index (χ1n) is 13.3. The van der Waals surface area contributed by atoms with Gasteiger partial charge in [-0.25, -0.2) is 21.8 Å². The minimum atomic E-state index is -3.85. The Kier molecular flexibility index (Phi) is 9.48. The molecular weight excluding hydrogens is 581 g/mol. The van der Waals surface area contributed by atoms with Gasteiger partial charge >= 0.3 is 0 Å². The van der Waals surface area contributed by atoms with Crippen LogP contribution in [-0.2, 0) is 19.9 Å². The number of carbonyl (C=O) groups excluding carboxylic acids is 1. The number of sulfone groups is 1. The van der Waals surface area contributed by atoms with Gasteiger partial charge < -0.3 is 4.90 Å². The largest absolute Gasteiger partial charge is 0.302 e. The van der Waals surface area contributed by atoms with Crippen molar-refractivity contribution in [3.05, 3.63) is 78.4 Å². The Morgan fingerprint density at radius 3 is 2.05 bits per heavy atom. The number of amides is 1. The van der Waals surface area contributed by atoms with Gasteiger partial charge in [0.15, 0.2) is 15.0 Å². The summed E-state index contributed by atoms with van der Waals surface area (Å²) >= 11 is 1.25. The number of hydrogen-bond donors (Lipinski definition) is 0. The van der Waals surface area contributed by atoms with Gasteiger partial charge in [0.05, 0.1) is 20.2 Å². The topological polar surface area (TPSA) is 108 Å². The van der Waals surface area contributed by atoms with Gasteiger partial charge in [0.25, 0.3) is 15.9 Å². The zero-order chi connectivity index (χ0) is 29.8. The van der Waals surface area contributed by atoms with E-state index in [0.717, 1.165) is 19.3 Å². The normalized spacial score (nSPS) is 12.1. The van der Waals surface area contributed by atoms with Crippen molar-refractivity contribution in [2.45, 2.75) is 30.6 Å². The second kappa shape index (κ2) is 12.7. The summed E-state index contributed by atoms with van der Waals surface area (Å²) in [5.41, 5.74) is 1.19. The summed E-state index contributed by atoms with van der Waals surface area (Å²) in [4.78, 5) is 22.4. The number of hydrogen-bond acceptors (Lipinski definition) is 8. The highest BCUT2D eigenvalue weighted by Crippen LogP contribution is 2.33. The van der Waals surface area contributed by atoms with Gasteiger partial charge in [0.1, 0.15) is 5.52 Å². The maximum atomic E-state index is 13.9. The Hall–Kier alpha value is -3.32. The van der Waals surface area contributed by atoms with Gasteiger partial charge in [-0.2, -0.15) is 0 Å². The van der Waals surface area contributed by atoms with E-state index in [1.54, 1.807) is 48.2 Å². The fourth-order valence-corrected chi connectivity index (χ4v) is 7.92. The highest BCUT2D eigenvalue weighted by atomic mass is 32.2. The Morgan fingerprint density at radius 1 is 0.805 bits per heavy atom. The van der Waals surface area contributed by atoms with Crippen LogP contribution < -0.4 is 9.21 Å². The van der Waals surface area contributed by atoms with Gasteiger partial charge in [-0.1, -0.05) is 49.4 Å². The molecule has 218 valence electrons. The molecule has 1 aromatic heterocycles. The molecule has 0 saturated carbocycles. The van der Waals surface area contributed by atoms with Crippen molar-refractivity contribution in [3.8, 4) is 0 Å². The molecule has 4 aromatic rings. The SMILES string of the molecule is CCN(CC)CCN(C(=O)c1ccc(S(=O)(=O)N(CC)c2ccccc2)cc1)c1nc2c(S(C)(=O)=O)cccc2s1. The van der Waals surface area contributed by atoms with Gasteiger partial charge in [-0.15, -0.1) is 0 Å². The Bertz CT molecular complexity index is 1720. The van der Waals surface area contributed by atoms with Gasteiger partial charge in [0.2, 0.25) is 0 Å². The van der Waals surface area contributed by atoms with Crippen molar-refractivity contribution in [3.63, 3.8) is 0 Å². The number of fused-ring (bicyclic) bond motifs is 1. The standard InChI is InChI=1S/C29H34N4O5S3/c1-5-31(6-2)20-21-32(29-30-27-25(39-29)14-11-15-26(27)40(4,35)36)28(34)22-16-18-24(19-17-22)41(37,38)33(7-3)23-12-9-8-10-13-23/h8-19H,5-7,20-21H2,1-4H3. The van der Waals surface area contributed by atoms with Crippen molar-refractivity contribution in [2.24, 2.45) is 0 Å². The summed E-state index contributed by atoms with van der Waals surface area (Å²) in [5.74, 6) is -0.350. The summed E-state index contributed by atoms with van der Waals surface area (Å²) in [6.07, 6.45) is 1.14. The van der Waals surface area contributed by atoms with E-state index in [9.17, 15) is 21.6 Å². The average Bonchev–Trinajstić information content (AvgIpc) is 3.39. The van der Waals surface area contributed by atoms with E-state index in [1.165, 1.54) is 46.0 Å². The molecule has 0 spiro atoms. The van der Waals surface area contributed by atoms with Crippen LogP contribution in [-0.4, -0.2) is 71.6 Å². The van der Waals surface area contributed by atoms with Crippen LogP contribution in [0.25, 0.3) is 10.2 Å². The van der Waals surface area contributed by atoms with E-state index in [2.05, 4.69) is 9.88 Å². The van der Waals surface area contributed by atoms with Crippen LogP contribution in [0.3, 0.4) is 0 Å². The Labute approximate surface area is 246 Å². The van der Waals surface area contributed by atoms with Crippen LogP contribution in [0.2, 0.25) is 0 Å². The third-order valence-electron chi connectivity index (χ3n) is 6.80. The summed E-state index contributed by atoms with van der Waals surface area (Å²) < 4.78 is 53.6. The van der Waals surface area contributed by atoms with Crippen LogP contribution in [0.4, 0.5) is 10.8 Å². The first-order valence-corrected chi connectivity index (χ1v) is 17.5. The molecule has 4 rings (SSSR count). The van der Waals surface area contributed by atoms with Crippen LogP contribution in [0.5, 0.6) is 0 Å². The minimum absolute atomic E-state index is 0.0761. The van der Waals surface area contributed by atoms with E-state index in [0.29, 0.717) is 39.7 Å². The molecule has 0 saturated heterocycles. The monoisotopic (exact) mass is 614 g/mol. The molecule has 0 aliphatic heterocycles. The first kappa shape index (κ1) is 30.6. The molecule has 3 aromatic carbocycles. The molecule has 0 radical (unpaired) electrons. The number of benzene rings is 3.